The van der Waals surface area contributed by atoms with Gasteiger partial charge in [-0.05, 0) is 24.7 Å². The van der Waals surface area contributed by atoms with Crippen molar-refractivity contribution >= 4 is 9.84 Å². The van der Waals surface area contributed by atoms with Gasteiger partial charge in [0.25, 0.3) is 0 Å². The monoisotopic (exact) mass is 249 g/mol. The van der Waals surface area contributed by atoms with Crippen LogP contribution in [0.25, 0.3) is 0 Å². The molecule has 5 heteroatoms. The molecular weight excluding hydrogens is 226 g/mol. The summed E-state index contributed by atoms with van der Waals surface area (Å²) in [5.74, 6) is 0.878. The third kappa shape index (κ3) is 2.96. The number of rotatable bonds is 5. The van der Waals surface area contributed by atoms with E-state index in [2.05, 4.69) is 13.8 Å². The Hall–Kier alpha value is -0.130. The molecule has 1 fully saturated rings. The Kier molecular flexibility index (Phi) is 4.37. The fraction of sp³-hybridized carbons (Fsp3) is 1.00. The van der Waals surface area contributed by atoms with Crippen molar-refractivity contribution < 1.29 is 13.5 Å². The molecule has 1 aliphatic rings. The third-order valence-corrected chi connectivity index (χ3v) is 5.40. The smallest absolute Gasteiger partial charge is 0.150 e. The summed E-state index contributed by atoms with van der Waals surface area (Å²) in [7, 11) is -2.90. The molecule has 1 heterocycles. The van der Waals surface area contributed by atoms with E-state index in [1.54, 1.807) is 0 Å². The molecule has 1 saturated heterocycles. The molecule has 16 heavy (non-hydrogen) atoms. The first-order valence-corrected chi connectivity index (χ1v) is 7.69. The van der Waals surface area contributed by atoms with Gasteiger partial charge in [0.05, 0.1) is 18.1 Å². The van der Waals surface area contributed by atoms with E-state index in [1.807, 2.05) is 0 Å². The molecule has 0 aliphatic carbocycles. The third-order valence-electron chi connectivity index (χ3n) is 3.63. The highest BCUT2D eigenvalue weighted by Crippen LogP contribution is 2.39. The van der Waals surface area contributed by atoms with Crippen LogP contribution >= 0.6 is 0 Å². The molecule has 2 unspecified atom stereocenters. The number of aliphatic hydroxyl groups excluding tert-OH is 1. The quantitative estimate of drug-likeness (QED) is 0.739. The van der Waals surface area contributed by atoms with E-state index >= 15 is 0 Å². The average molecular weight is 249 g/mol. The zero-order valence-corrected chi connectivity index (χ0v) is 11.0. The first-order valence-electron chi connectivity index (χ1n) is 5.86. The van der Waals surface area contributed by atoms with Crippen molar-refractivity contribution in [3.8, 4) is 0 Å². The average Bonchev–Trinajstić information content (AvgIpc) is 2.55. The van der Waals surface area contributed by atoms with Crippen molar-refractivity contribution in [2.24, 2.45) is 23.0 Å². The second kappa shape index (κ2) is 5.02. The van der Waals surface area contributed by atoms with Crippen LogP contribution < -0.4 is 5.73 Å². The second-order valence-electron chi connectivity index (χ2n) is 5.42. The number of hydrogen-bond acceptors (Lipinski definition) is 4. The minimum atomic E-state index is -2.90. The molecule has 1 aliphatic heterocycles. The number of hydrogen-bond donors (Lipinski definition) is 2. The molecule has 0 radical (unpaired) electrons. The zero-order valence-electron chi connectivity index (χ0n) is 10.1. The van der Waals surface area contributed by atoms with Crippen molar-refractivity contribution in [1.82, 2.24) is 0 Å². The summed E-state index contributed by atoms with van der Waals surface area (Å²) in [5.41, 5.74) is 5.38. The molecule has 0 amide bonds. The normalized spacial score (nSPS) is 28.2. The Bertz CT molecular complexity index is 320. The van der Waals surface area contributed by atoms with Gasteiger partial charge >= 0.3 is 0 Å². The van der Waals surface area contributed by atoms with Gasteiger partial charge in [0.2, 0.25) is 0 Å². The molecule has 0 saturated carbocycles. The van der Waals surface area contributed by atoms with E-state index in [1.165, 1.54) is 0 Å². The van der Waals surface area contributed by atoms with Crippen LogP contribution in [0, 0.1) is 17.3 Å². The SMILES string of the molecule is CC(C)CC(CN)(CO)C1CCS(=O)(=O)C1. The summed E-state index contributed by atoms with van der Waals surface area (Å²) < 4.78 is 23.0. The largest absolute Gasteiger partial charge is 0.396 e. The Labute approximate surface area is 98.1 Å². The van der Waals surface area contributed by atoms with Crippen molar-refractivity contribution in [2.75, 3.05) is 24.7 Å². The van der Waals surface area contributed by atoms with Crippen LogP contribution in [0.1, 0.15) is 26.7 Å². The Morgan fingerprint density at radius 1 is 1.50 bits per heavy atom. The maximum absolute atomic E-state index is 11.5. The summed E-state index contributed by atoms with van der Waals surface area (Å²) in [6.45, 7) is 4.50. The topological polar surface area (TPSA) is 80.4 Å². The summed E-state index contributed by atoms with van der Waals surface area (Å²) in [4.78, 5) is 0. The standard InChI is InChI=1S/C11H23NO3S/c1-9(2)5-11(7-12,8-13)10-3-4-16(14,15)6-10/h9-10,13H,3-8,12H2,1-2H3. The van der Waals surface area contributed by atoms with E-state index in [0.717, 1.165) is 6.42 Å². The van der Waals surface area contributed by atoms with E-state index < -0.39 is 15.3 Å². The van der Waals surface area contributed by atoms with Crippen LogP contribution in [-0.4, -0.2) is 38.2 Å². The molecule has 0 aromatic heterocycles. The fourth-order valence-corrected chi connectivity index (χ4v) is 4.71. The lowest BCUT2D eigenvalue weighted by Crippen LogP contribution is -2.43. The Balaban J connectivity index is 2.85. The maximum atomic E-state index is 11.5. The van der Waals surface area contributed by atoms with Crippen molar-refractivity contribution in [3.63, 3.8) is 0 Å². The van der Waals surface area contributed by atoms with Crippen molar-refractivity contribution in [1.29, 1.82) is 0 Å². The molecular formula is C11H23NO3S. The molecule has 3 N–H and O–H groups in total. The van der Waals surface area contributed by atoms with Crippen molar-refractivity contribution in [2.45, 2.75) is 26.7 Å². The van der Waals surface area contributed by atoms with Gasteiger partial charge in [-0.25, -0.2) is 8.42 Å². The maximum Gasteiger partial charge on any atom is 0.150 e. The lowest BCUT2D eigenvalue weighted by atomic mass is 9.70. The van der Waals surface area contributed by atoms with Gasteiger partial charge in [0.15, 0.2) is 9.84 Å². The number of nitrogens with two attached hydrogens (primary N) is 1. The molecule has 96 valence electrons. The van der Waals surface area contributed by atoms with Gasteiger partial charge in [-0.3, -0.25) is 0 Å². The van der Waals surface area contributed by atoms with Crippen molar-refractivity contribution in [3.05, 3.63) is 0 Å². The minimum Gasteiger partial charge on any atom is -0.396 e. The van der Waals surface area contributed by atoms with Crippen LogP contribution in [-0.2, 0) is 9.84 Å². The molecule has 0 aromatic carbocycles. The highest BCUT2D eigenvalue weighted by Gasteiger charge is 2.43. The zero-order chi connectivity index (χ0) is 12.4. The molecule has 0 aromatic rings. The van der Waals surface area contributed by atoms with E-state index in [-0.39, 0.29) is 24.0 Å². The Morgan fingerprint density at radius 2 is 2.12 bits per heavy atom. The highest BCUT2D eigenvalue weighted by molar-refractivity contribution is 7.91. The minimum absolute atomic E-state index is 0.0120. The molecule has 1 rings (SSSR count). The van der Waals surface area contributed by atoms with Gasteiger partial charge in [-0.1, -0.05) is 13.8 Å². The van der Waals surface area contributed by atoms with Gasteiger partial charge in [0, 0.05) is 12.0 Å². The molecule has 0 spiro atoms. The summed E-state index contributed by atoms with van der Waals surface area (Å²) in [6.07, 6.45) is 1.44. The predicted octanol–water partition coefficient (Wildman–Crippen LogP) is 0.405. The summed E-state index contributed by atoms with van der Waals surface area (Å²) in [5, 5.41) is 9.58. The number of sulfone groups is 1. The molecule has 0 bridgehead atoms. The molecule has 4 nitrogen and oxygen atoms in total. The van der Waals surface area contributed by atoms with Crippen LogP contribution in [0.2, 0.25) is 0 Å². The van der Waals surface area contributed by atoms with Crippen LogP contribution in [0.5, 0.6) is 0 Å². The van der Waals surface area contributed by atoms with Crippen LogP contribution in [0.3, 0.4) is 0 Å². The second-order valence-corrected chi connectivity index (χ2v) is 7.65. The predicted molar refractivity (Wildman–Crippen MR) is 64.8 cm³/mol. The van der Waals surface area contributed by atoms with E-state index in [9.17, 15) is 13.5 Å². The van der Waals surface area contributed by atoms with E-state index in [4.69, 9.17) is 5.73 Å². The van der Waals surface area contributed by atoms with Crippen LogP contribution in [0.15, 0.2) is 0 Å². The first kappa shape index (κ1) is 13.9. The van der Waals surface area contributed by atoms with Gasteiger partial charge in [0.1, 0.15) is 0 Å². The van der Waals surface area contributed by atoms with E-state index in [0.29, 0.717) is 18.9 Å². The fourth-order valence-electron chi connectivity index (χ4n) is 2.77. The van der Waals surface area contributed by atoms with Crippen LogP contribution in [0.4, 0.5) is 0 Å². The van der Waals surface area contributed by atoms with Gasteiger partial charge in [-0.2, -0.15) is 0 Å². The summed E-state index contributed by atoms with van der Waals surface area (Å²) in [6, 6.07) is 0. The number of aliphatic hydroxyl groups is 1. The summed E-state index contributed by atoms with van der Waals surface area (Å²) >= 11 is 0. The lowest BCUT2D eigenvalue weighted by Gasteiger charge is -2.37. The Morgan fingerprint density at radius 3 is 2.44 bits per heavy atom. The lowest BCUT2D eigenvalue weighted by molar-refractivity contribution is 0.0575. The molecule has 2 atom stereocenters. The highest BCUT2D eigenvalue weighted by atomic mass is 32.2. The van der Waals surface area contributed by atoms with Gasteiger partial charge < -0.3 is 10.8 Å². The van der Waals surface area contributed by atoms with Gasteiger partial charge in [-0.15, -0.1) is 0 Å². The first-order chi connectivity index (χ1) is 7.35.